The van der Waals surface area contributed by atoms with Crippen LogP contribution in [0.15, 0.2) is 18.2 Å². The topological polar surface area (TPSA) is 55.1 Å². The molecule has 108 valence electrons. The number of nitrogens with one attached hydrogen (secondary N) is 1. The zero-order valence-electron chi connectivity index (χ0n) is 11.2. The van der Waals surface area contributed by atoms with Crippen LogP contribution < -0.4 is 11.1 Å². The molecule has 3 nitrogen and oxygen atoms in total. The van der Waals surface area contributed by atoms with Crippen molar-refractivity contribution in [2.45, 2.75) is 26.3 Å². The fourth-order valence-corrected chi connectivity index (χ4v) is 1.65. The van der Waals surface area contributed by atoms with Crippen molar-refractivity contribution in [3.8, 4) is 0 Å². The molecule has 0 bridgehead atoms. The number of halogens is 3. The molecule has 0 spiro atoms. The van der Waals surface area contributed by atoms with Crippen LogP contribution in [-0.2, 0) is 0 Å². The Morgan fingerprint density at radius 3 is 2.58 bits per heavy atom. The summed E-state index contributed by atoms with van der Waals surface area (Å²) in [7, 11) is 0. The first-order valence-electron chi connectivity index (χ1n) is 5.78. The van der Waals surface area contributed by atoms with Crippen LogP contribution in [0.3, 0.4) is 0 Å². The number of hydrogen-bond acceptors (Lipinski definition) is 2. The Labute approximate surface area is 124 Å². The lowest BCUT2D eigenvalue weighted by Gasteiger charge is -2.33. The van der Waals surface area contributed by atoms with Crippen LogP contribution in [0.1, 0.15) is 31.1 Å². The summed E-state index contributed by atoms with van der Waals surface area (Å²) in [6.07, 6.45) is 0. The monoisotopic (exact) mass is 308 g/mol. The summed E-state index contributed by atoms with van der Waals surface area (Å²) in [6, 6.07) is 4.15. The Balaban J connectivity index is 0.00000324. The van der Waals surface area contributed by atoms with E-state index >= 15 is 0 Å². The van der Waals surface area contributed by atoms with Gasteiger partial charge in [-0.25, -0.2) is 4.39 Å². The summed E-state index contributed by atoms with van der Waals surface area (Å²) >= 11 is 5.77. The van der Waals surface area contributed by atoms with Crippen molar-refractivity contribution in [2.75, 3.05) is 6.54 Å². The van der Waals surface area contributed by atoms with E-state index in [2.05, 4.69) is 5.32 Å². The van der Waals surface area contributed by atoms with Crippen LogP contribution in [0.25, 0.3) is 0 Å². The number of carbonyl (C=O) groups excluding carboxylic acids is 1. The van der Waals surface area contributed by atoms with Crippen LogP contribution in [0.5, 0.6) is 0 Å². The minimum atomic E-state index is -0.608. The summed E-state index contributed by atoms with van der Waals surface area (Å²) < 4.78 is 13.3. The maximum atomic E-state index is 13.3. The molecule has 3 N–H and O–H groups in total. The third-order valence-electron chi connectivity index (χ3n) is 3.29. The van der Waals surface area contributed by atoms with E-state index < -0.39 is 17.3 Å². The molecule has 1 rings (SSSR count). The number of amides is 1. The van der Waals surface area contributed by atoms with Gasteiger partial charge >= 0.3 is 0 Å². The van der Waals surface area contributed by atoms with Crippen molar-refractivity contribution in [3.63, 3.8) is 0 Å². The van der Waals surface area contributed by atoms with Crippen molar-refractivity contribution >= 4 is 29.9 Å². The van der Waals surface area contributed by atoms with Gasteiger partial charge in [0.2, 0.25) is 0 Å². The summed E-state index contributed by atoms with van der Waals surface area (Å²) in [6.45, 7) is 6.06. The fourth-order valence-electron chi connectivity index (χ4n) is 1.44. The molecule has 0 aliphatic carbocycles. The molecule has 0 aliphatic rings. The molecule has 0 fully saturated rings. The van der Waals surface area contributed by atoms with Gasteiger partial charge in [-0.1, -0.05) is 31.5 Å². The van der Waals surface area contributed by atoms with Gasteiger partial charge in [0.05, 0.1) is 16.1 Å². The van der Waals surface area contributed by atoms with Crippen molar-refractivity contribution in [2.24, 2.45) is 11.7 Å². The van der Waals surface area contributed by atoms with E-state index in [0.29, 0.717) is 6.54 Å². The highest BCUT2D eigenvalue weighted by molar-refractivity contribution is 6.34. The Bertz CT molecular complexity index is 454. The Morgan fingerprint density at radius 2 is 2.11 bits per heavy atom. The number of benzene rings is 1. The molecule has 1 aromatic carbocycles. The summed E-state index contributed by atoms with van der Waals surface area (Å²) in [5.41, 5.74) is 5.25. The summed E-state index contributed by atoms with van der Waals surface area (Å²) in [5, 5.41) is 2.64. The first-order valence-corrected chi connectivity index (χ1v) is 6.16. The van der Waals surface area contributed by atoms with Crippen LogP contribution in [0.2, 0.25) is 5.02 Å². The molecule has 0 aromatic heterocycles. The van der Waals surface area contributed by atoms with E-state index in [1.165, 1.54) is 18.2 Å². The SMILES string of the molecule is CC(C)C(C)(CN)NC(=O)c1cccc(F)c1Cl.Cl. The minimum Gasteiger partial charge on any atom is -0.345 e. The zero-order valence-corrected chi connectivity index (χ0v) is 12.7. The molecule has 0 heterocycles. The molecule has 0 saturated carbocycles. The predicted molar refractivity (Wildman–Crippen MR) is 78.4 cm³/mol. The van der Waals surface area contributed by atoms with E-state index in [1.807, 2.05) is 20.8 Å². The van der Waals surface area contributed by atoms with Gasteiger partial charge in [0.25, 0.3) is 5.91 Å². The second-order valence-corrected chi connectivity index (χ2v) is 5.21. The third kappa shape index (κ3) is 4.06. The highest BCUT2D eigenvalue weighted by Gasteiger charge is 2.29. The van der Waals surface area contributed by atoms with Gasteiger partial charge in [0, 0.05) is 6.54 Å². The largest absolute Gasteiger partial charge is 0.345 e. The van der Waals surface area contributed by atoms with E-state index in [-0.39, 0.29) is 28.9 Å². The van der Waals surface area contributed by atoms with Gasteiger partial charge in [-0.3, -0.25) is 4.79 Å². The molecule has 0 saturated heterocycles. The van der Waals surface area contributed by atoms with Crippen LogP contribution in [0.4, 0.5) is 4.39 Å². The van der Waals surface area contributed by atoms with E-state index in [1.54, 1.807) is 0 Å². The van der Waals surface area contributed by atoms with E-state index in [4.69, 9.17) is 17.3 Å². The lowest BCUT2D eigenvalue weighted by molar-refractivity contribution is 0.0883. The maximum Gasteiger partial charge on any atom is 0.253 e. The van der Waals surface area contributed by atoms with Crippen molar-refractivity contribution in [1.29, 1.82) is 0 Å². The number of nitrogens with two attached hydrogens (primary N) is 1. The molecule has 0 radical (unpaired) electrons. The highest BCUT2D eigenvalue weighted by atomic mass is 35.5. The van der Waals surface area contributed by atoms with Crippen LogP contribution >= 0.6 is 24.0 Å². The molecule has 6 heteroatoms. The average Bonchev–Trinajstić information content (AvgIpc) is 2.32. The molecular weight excluding hydrogens is 290 g/mol. The van der Waals surface area contributed by atoms with Crippen LogP contribution in [0, 0.1) is 11.7 Å². The average molecular weight is 309 g/mol. The minimum absolute atomic E-state index is 0. The molecule has 1 aromatic rings. The first-order chi connectivity index (χ1) is 8.31. The van der Waals surface area contributed by atoms with Crippen molar-refractivity contribution in [3.05, 3.63) is 34.6 Å². The molecular formula is C13H19Cl2FN2O. The van der Waals surface area contributed by atoms with Crippen molar-refractivity contribution in [1.82, 2.24) is 5.32 Å². The first kappa shape index (κ1) is 18.2. The van der Waals surface area contributed by atoms with Gasteiger partial charge in [-0.2, -0.15) is 0 Å². The lowest BCUT2D eigenvalue weighted by Crippen LogP contribution is -2.55. The van der Waals surface area contributed by atoms with Gasteiger partial charge in [-0.05, 0) is 25.0 Å². The number of hydrogen-bond donors (Lipinski definition) is 2. The Hall–Kier alpha value is -0.840. The lowest BCUT2D eigenvalue weighted by atomic mass is 9.88. The fraction of sp³-hybridized carbons (Fsp3) is 0.462. The Kier molecular flexibility index (Phi) is 6.77. The van der Waals surface area contributed by atoms with Gasteiger partial charge < -0.3 is 11.1 Å². The number of carbonyl (C=O) groups is 1. The summed E-state index contributed by atoms with van der Waals surface area (Å²) in [5.74, 6) is -0.872. The predicted octanol–water partition coefficient (Wildman–Crippen LogP) is 3.00. The normalized spacial score (nSPS) is 13.6. The molecule has 1 unspecified atom stereocenters. The smallest absolute Gasteiger partial charge is 0.253 e. The number of rotatable bonds is 4. The van der Waals surface area contributed by atoms with E-state index in [9.17, 15) is 9.18 Å². The Morgan fingerprint density at radius 1 is 1.53 bits per heavy atom. The maximum absolute atomic E-state index is 13.3. The zero-order chi connectivity index (χ0) is 13.9. The van der Waals surface area contributed by atoms with Gasteiger partial charge in [0.15, 0.2) is 0 Å². The third-order valence-corrected chi connectivity index (χ3v) is 3.68. The van der Waals surface area contributed by atoms with E-state index in [0.717, 1.165) is 0 Å². The standard InChI is InChI=1S/C13H18ClFN2O.ClH/c1-8(2)13(3,7-16)17-12(18)9-5-4-6-10(15)11(9)14;/h4-6,8H,7,16H2,1-3H3,(H,17,18);1H. The quantitative estimate of drug-likeness (QED) is 0.898. The second-order valence-electron chi connectivity index (χ2n) is 4.83. The highest BCUT2D eigenvalue weighted by Crippen LogP contribution is 2.21. The second kappa shape index (κ2) is 7.08. The summed E-state index contributed by atoms with van der Waals surface area (Å²) in [4.78, 5) is 12.1. The van der Waals surface area contributed by atoms with Gasteiger partial charge in [0.1, 0.15) is 5.82 Å². The molecule has 1 amide bonds. The van der Waals surface area contributed by atoms with Gasteiger partial charge in [-0.15, -0.1) is 12.4 Å². The molecule has 1 atom stereocenters. The molecule has 19 heavy (non-hydrogen) atoms. The molecule has 0 aliphatic heterocycles. The van der Waals surface area contributed by atoms with Crippen LogP contribution in [-0.4, -0.2) is 18.0 Å². The van der Waals surface area contributed by atoms with Crippen molar-refractivity contribution < 1.29 is 9.18 Å².